The zero-order chi connectivity index (χ0) is 21.8. The third-order valence-electron chi connectivity index (χ3n) is 4.10. The molecule has 2 aromatic carbocycles. The van der Waals surface area contributed by atoms with E-state index in [0.717, 1.165) is 0 Å². The number of carbonyl (C=O) groups excluding carboxylic acids is 1. The summed E-state index contributed by atoms with van der Waals surface area (Å²) in [5.41, 5.74) is 1.12. The number of carbonyl (C=O) groups is 1. The third-order valence-corrected chi connectivity index (χ3v) is 5.88. The van der Waals surface area contributed by atoms with Crippen LogP contribution in [0.1, 0.15) is 53.0 Å². The number of sulfonamides is 1. The summed E-state index contributed by atoms with van der Waals surface area (Å²) in [6.45, 7) is 11.2. The van der Waals surface area contributed by atoms with E-state index < -0.39 is 21.7 Å². The maximum absolute atomic E-state index is 12.4. The Kier molecular flexibility index (Phi) is 7.08. The normalized spacial score (nSPS) is 13.2. The summed E-state index contributed by atoms with van der Waals surface area (Å²) in [5.74, 6) is 0.725. The van der Waals surface area contributed by atoms with Gasteiger partial charge in [0.2, 0.25) is 10.0 Å². The third kappa shape index (κ3) is 6.87. The number of benzene rings is 2. The molecule has 1 unspecified atom stereocenters. The van der Waals surface area contributed by atoms with Crippen LogP contribution in [0.4, 0.5) is 5.69 Å². The van der Waals surface area contributed by atoms with E-state index in [4.69, 9.17) is 4.74 Å². The van der Waals surface area contributed by atoms with Crippen molar-refractivity contribution in [2.75, 3.05) is 5.32 Å². The molecule has 29 heavy (non-hydrogen) atoms. The Labute approximate surface area is 173 Å². The van der Waals surface area contributed by atoms with Crippen LogP contribution in [0.2, 0.25) is 0 Å². The monoisotopic (exact) mass is 418 g/mol. The van der Waals surface area contributed by atoms with Gasteiger partial charge in [-0.1, -0.05) is 26.0 Å². The summed E-state index contributed by atoms with van der Waals surface area (Å²) in [6.07, 6.45) is -0.703. The summed E-state index contributed by atoms with van der Waals surface area (Å²) in [5, 5.41) is 2.74. The zero-order valence-corrected chi connectivity index (χ0v) is 18.6. The Morgan fingerprint density at radius 2 is 1.48 bits per heavy atom. The standard InChI is InChI=1S/C22H30N2O4S/c1-15(2)17-7-11-19(12-8-17)28-16(3)21(25)23-18-9-13-20(14-10-18)29(26,27)24-22(4,5)6/h7-16,24H,1-6H3,(H,23,25). The fourth-order valence-electron chi connectivity index (χ4n) is 2.61. The first-order valence-corrected chi connectivity index (χ1v) is 11.1. The van der Waals surface area contributed by atoms with Gasteiger partial charge in [-0.25, -0.2) is 13.1 Å². The first-order chi connectivity index (χ1) is 13.4. The van der Waals surface area contributed by atoms with Crippen molar-refractivity contribution in [3.05, 3.63) is 54.1 Å². The summed E-state index contributed by atoms with van der Waals surface area (Å²) in [7, 11) is -3.62. The minimum Gasteiger partial charge on any atom is -0.481 e. The van der Waals surface area contributed by atoms with Gasteiger partial charge in [-0.3, -0.25) is 4.79 Å². The van der Waals surface area contributed by atoms with Gasteiger partial charge in [0.05, 0.1) is 4.90 Å². The smallest absolute Gasteiger partial charge is 0.265 e. The highest BCUT2D eigenvalue weighted by atomic mass is 32.2. The quantitative estimate of drug-likeness (QED) is 0.702. The van der Waals surface area contributed by atoms with E-state index in [1.807, 2.05) is 24.3 Å². The molecule has 0 aromatic heterocycles. The fourth-order valence-corrected chi connectivity index (χ4v) is 4.03. The predicted octanol–water partition coefficient (Wildman–Crippen LogP) is 4.29. The number of hydrogen-bond donors (Lipinski definition) is 2. The highest BCUT2D eigenvalue weighted by Gasteiger charge is 2.22. The molecule has 0 fully saturated rings. The van der Waals surface area contributed by atoms with Crippen LogP contribution in [0.15, 0.2) is 53.4 Å². The summed E-state index contributed by atoms with van der Waals surface area (Å²) >= 11 is 0. The van der Waals surface area contributed by atoms with Crippen LogP contribution in [0, 0.1) is 0 Å². The maximum atomic E-state index is 12.4. The van der Waals surface area contributed by atoms with Crippen molar-refractivity contribution in [1.82, 2.24) is 4.72 Å². The van der Waals surface area contributed by atoms with Crippen LogP contribution in [0.5, 0.6) is 5.75 Å². The second kappa shape index (κ2) is 8.97. The molecule has 7 heteroatoms. The van der Waals surface area contributed by atoms with E-state index in [2.05, 4.69) is 23.9 Å². The lowest BCUT2D eigenvalue weighted by Gasteiger charge is -2.20. The van der Waals surface area contributed by atoms with E-state index in [1.54, 1.807) is 39.8 Å². The summed E-state index contributed by atoms with van der Waals surface area (Å²) in [6, 6.07) is 13.7. The Hall–Kier alpha value is -2.38. The largest absolute Gasteiger partial charge is 0.481 e. The van der Waals surface area contributed by atoms with Gasteiger partial charge in [0.15, 0.2) is 6.10 Å². The van der Waals surface area contributed by atoms with Crippen molar-refractivity contribution in [3.63, 3.8) is 0 Å². The molecule has 1 atom stereocenters. The van der Waals surface area contributed by atoms with Crippen molar-refractivity contribution in [1.29, 1.82) is 0 Å². The molecule has 2 rings (SSSR count). The molecule has 0 radical (unpaired) electrons. The molecule has 0 saturated heterocycles. The van der Waals surface area contributed by atoms with Gasteiger partial charge in [-0.05, 0) is 75.6 Å². The summed E-state index contributed by atoms with van der Waals surface area (Å²) in [4.78, 5) is 12.5. The van der Waals surface area contributed by atoms with Crippen molar-refractivity contribution in [3.8, 4) is 5.75 Å². The van der Waals surface area contributed by atoms with Gasteiger partial charge < -0.3 is 10.1 Å². The number of hydrogen-bond acceptors (Lipinski definition) is 4. The predicted molar refractivity (Wildman–Crippen MR) is 116 cm³/mol. The van der Waals surface area contributed by atoms with E-state index >= 15 is 0 Å². The zero-order valence-electron chi connectivity index (χ0n) is 17.8. The van der Waals surface area contributed by atoms with Crippen LogP contribution in [-0.4, -0.2) is 26.0 Å². The molecule has 2 N–H and O–H groups in total. The van der Waals surface area contributed by atoms with Crippen molar-refractivity contribution < 1.29 is 17.9 Å². The van der Waals surface area contributed by atoms with Crippen LogP contribution in [-0.2, 0) is 14.8 Å². The molecule has 0 bridgehead atoms. The molecule has 158 valence electrons. The SMILES string of the molecule is CC(Oc1ccc(C(C)C)cc1)C(=O)Nc1ccc(S(=O)(=O)NC(C)(C)C)cc1. The first-order valence-electron chi connectivity index (χ1n) is 9.59. The first kappa shape index (κ1) is 22.9. The van der Waals surface area contributed by atoms with Gasteiger partial charge in [0, 0.05) is 11.2 Å². The molecule has 6 nitrogen and oxygen atoms in total. The Balaban J connectivity index is 1.99. The Morgan fingerprint density at radius 3 is 1.97 bits per heavy atom. The van der Waals surface area contributed by atoms with E-state index in [0.29, 0.717) is 17.4 Å². The molecule has 0 heterocycles. The topological polar surface area (TPSA) is 84.5 Å². The highest BCUT2D eigenvalue weighted by Crippen LogP contribution is 2.20. The molecule has 0 aliphatic heterocycles. The molecule has 0 aliphatic rings. The number of ether oxygens (including phenoxy) is 1. The highest BCUT2D eigenvalue weighted by molar-refractivity contribution is 7.89. The fraction of sp³-hybridized carbons (Fsp3) is 0.409. The molecular formula is C22H30N2O4S. The Bertz CT molecular complexity index is 928. The molecule has 0 spiro atoms. The lowest BCUT2D eigenvalue weighted by molar-refractivity contribution is -0.122. The summed E-state index contributed by atoms with van der Waals surface area (Å²) < 4.78 is 33.0. The molecule has 2 aromatic rings. The van der Waals surface area contributed by atoms with Crippen LogP contribution >= 0.6 is 0 Å². The number of amides is 1. The Morgan fingerprint density at radius 1 is 0.931 bits per heavy atom. The minimum atomic E-state index is -3.62. The van der Waals surface area contributed by atoms with Gasteiger partial charge >= 0.3 is 0 Å². The van der Waals surface area contributed by atoms with Gasteiger partial charge in [0.25, 0.3) is 5.91 Å². The molecule has 0 aliphatic carbocycles. The van der Waals surface area contributed by atoms with Crippen LogP contribution in [0.25, 0.3) is 0 Å². The van der Waals surface area contributed by atoms with Crippen LogP contribution in [0.3, 0.4) is 0 Å². The molecule has 0 saturated carbocycles. The van der Waals surface area contributed by atoms with Crippen LogP contribution < -0.4 is 14.8 Å². The van der Waals surface area contributed by atoms with Gasteiger partial charge in [0.1, 0.15) is 5.75 Å². The number of nitrogens with one attached hydrogen (secondary N) is 2. The second-order valence-electron chi connectivity index (χ2n) is 8.35. The van der Waals surface area contributed by atoms with E-state index in [1.165, 1.54) is 17.7 Å². The average Bonchev–Trinajstić information content (AvgIpc) is 2.60. The minimum absolute atomic E-state index is 0.139. The second-order valence-corrected chi connectivity index (χ2v) is 10.0. The van der Waals surface area contributed by atoms with E-state index in [-0.39, 0.29) is 10.8 Å². The molecular weight excluding hydrogens is 388 g/mol. The molecule has 1 amide bonds. The maximum Gasteiger partial charge on any atom is 0.265 e. The number of anilines is 1. The van der Waals surface area contributed by atoms with E-state index in [9.17, 15) is 13.2 Å². The average molecular weight is 419 g/mol. The van der Waals surface area contributed by atoms with Gasteiger partial charge in [-0.15, -0.1) is 0 Å². The van der Waals surface area contributed by atoms with Gasteiger partial charge in [-0.2, -0.15) is 0 Å². The van der Waals surface area contributed by atoms with Crippen molar-refractivity contribution in [2.45, 2.75) is 64.0 Å². The van der Waals surface area contributed by atoms with Crippen molar-refractivity contribution >= 4 is 21.6 Å². The van der Waals surface area contributed by atoms with Crippen molar-refractivity contribution in [2.24, 2.45) is 0 Å². The lowest BCUT2D eigenvalue weighted by atomic mass is 10.0. The number of rotatable bonds is 7. The lowest BCUT2D eigenvalue weighted by Crippen LogP contribution is -2.40.